The van der Waals surface area contributed by atoms with E-state index < -0.39 is 0 Å². The molecule has 1 aliphatic rings. The Morgan fingerprint density at radius 3 is 2.58 bits per heavy atom. The van der Waals surface area contributed by atoms with Gasteiger partial charge in [0.2, 0.25) is 0 Å². The predicted octanol–water partition coefficient (Wildman–Crippen LogP) is 4.28. The first-order chi connectivity index (χ1) is 8.97. The van der Waals surface area contributed by atoms with Gasteiger partial charge in [0, 0.05) is 10.4 Å². The molecule has 1 fully saturated rings. The Kier molecular flexibility index (Phi) is 4.42. The zero-order valence-electron chi connectivity index (χ0n) is 12.1. The molecule has 2 N–H and O–H groups in total. The fourth-order valence-electron chi connectivity index (χ4n) is 2.45. The molecule has 1 saturated carbocycles. The highest BCUT2D eigenvalue weighted by Crippen LogP contribution is 2.48. The van der Waals surface area contributed by atoms with Crippen molar-refractivity contribution in [3.63, 3.8) is 0 Å². The van der Waals surface area contributed by atoms with Crippen molar-refractivity contribution < 1.29 is 4.74 Å². The summed E-state index contributed by atoms with van der Waals surface area (Å²) >= 11 is 6.28. The van der Waals surface area contributed by atoms with E-state index in [1.54, 1.807) is 0 Å². The Bertz CT molecular complexity index is 452. The molecule has 1 aromatic rings. The molecule has 0 aromatic heterocycles. The number of hydrogen-bond acceptors (Lipinski definition) is 2. The zero-order valence-corrected chi connectivity index (χ0v) is 12.9. The van der Waals surface area contributed by atoms with Crippen LogP contribution in [0.1, 0.15) is 50.2 Å². The number of halogens is 1. The maximum absolute atomic E-state index is 6.28. The lowest BCUT2D eigenvalue weighted by Gasteiger charge is -2.18. The fourth-order valence-corrected chi connectivity index (χ4v) is 2.88. The zero-order chi connectivity index (χ0) is 14.0. The van der Waals surface area contributed by atoms with Crippen molar-refractivity contribution in [2.45, 2.75) is 46.0 Å². The normalized spacial score (nSPS) is 16.7. The minimum atomic E-state index is 0.346. The largest absolute Gasteiger partial charge is 0.493 e. The molecule has 0 saturated heterocycles. The molecule has 0 unspecified atom stereocenters. The van der Waals surface area contributed by atoms with Crippen molar-refractivity contribution in [2.24, 2.45) is 11.1 Å². The Morgan fingerprint density at radius 2 is 2.05 bits per heavy atom. The fraction of sp³-hybridized carbons (Fsp3) is 0.625. The third-order valence-electron chi connectivity index (χ3n) is 4.08. The van der Waals surface area contributed by atoms with Crippen LogP contribution in [0.25, 0.3) is 0 Å². The smallest absolute Gasteiger partial charge is 0.122 e. The van der Waals surface area contributed by atoms with Crippen molar-refractivity contribution in [3.8, 4) is 5.75 Å². The summed E-state index contributed by atoms with van der Waals surface area (Å²) in [7, 11) is 0. The first-order valence-electron chi connectivity index (χ1n) is 7.10. The van der Waals surface area contributed by atoms with Crippen LogP contribution in [-0.2, 0) is 0 Å². The quantitative estimate of drug-likeness (QED) is 0.845. The SMILES string of the molecule is Cc1cc(Cl)c(C(C)C)cc1OCC1(CCN)CC1. The minimum absolute atomic E-state index is 0.346. The average Bonchev–Trinajstić information content (AvgIpc) is 3.08. The van der Waals surface area contributed by atoms with Gasteiger partial charge in [-0.15, -0.1) is 0 Å². The van der Waals surface area contributed by atoms with Crippen molar-refractivity contribution >= 4 is 11.6 Å². The predicted molar refractivity (Wildman–Crippen MR) is 81.1 cm³/mol. The van der Waals surface area contributed by atoms with Crippen LogP contribution in [0.5, 0.6) is 5.75 Å². The Morgan fingerprint density at radius 1 is 1.37 bits per heavy atom. The Balaban J connectivity index is 2.10. The monoisotopic (exact) mass is 281 g/mol. The van der Waals surface area contributed by atoms with Gasteiger partial charge in [0.1, 0.15) is 5.75 Å². The summed E-state index contributed by atoms with van der Waals surface area (Å²) in [6.07, 6.45) is 3.55. The topological polar surface area (TPSA) is 35.2 Å². The first kappa shape index (κ1) is 14.7. The molecular weight excluding hydrogens is 258 g/mol. The summed E-state index contributed by atoms with van der Waals surface area (Å²) < 4.78 is 6.05. The molecular formula is C16H24ClNO. The number of ether oxygens (including phenoxy) is 1. The van der Waals surface area contributed by atoms with Crippen molar-refractivity contribution in [1.29, 1.82) is 0 Å². The van der Waals surface area contributed by atoms with Gasteiger partial charge in [0.05, 0.1) is 6.61 Å². The van der Waals surface area contributed by atoms with Gasteiger partial charge < -0.3 is 10.5 Å². The first-order valence-corrected chi connectivity index (χ1v) is 7.48. The third-order valence-corrected chi connectivity index (χ3v) is 4.41. The summed E-state index contributed by atoms with van der Waals surface area (Å²) in [5, 5.41) is 0.836. The van der Waals surface area contributed by atoms with Crippen molar-refractivity contribution in [2.75, 3.05) is 13.2 Å². The lowest BCUT2D eigenvalue weighted by Crippen LogP contribution is -2.17. The van der Waals surface area contributed by atoms with Gasteiger partial charge in [-0.3, -0.25) is 0 Å². The van der Waals surface area contributed by atoms with Gasteiger partial charge in [-0.25, -0.2) is 0 Å². The van der Waals surface area contributed by atoms with Crippen LogP contribution in [0, 0.1) is 12.3 Å². The van der Waals surface area contributed by atoms with Gasteiger partial charge in [-0.2, -0.15) is 0 Å². The molecule has 0 atom stereocenters. The molecule has 1 aromatic carbocycles. The third kappa shape index (κ3) is 3.43. The second-order valence-corrected chi connectivity index (χ2v) is 6.53. The highest BCUT2D eigenvalue weighted by molar-refractivity contribution is 6.31. The van der Waals surface area contributed by atoms with Crippen LogP contribution in [0.15, 0.2) is 12.1 Å². The molecule has 0 aliphatic heterocycles. The van der Waals surface area contributed by atoms with Crippen LogP contribution >= 0.6 is 11.6 Å². The number of benzene rings is 1. The lowest BCUT2D eigenvalue weighted by molar-refractivity contribution is 0.225. The van der Waals surface area contributed by atoms with E-state index in [9.17, 15) is 0 Å². The molecule has 0 heterocycles. The number of aryl methyl sites for hydroxylation is 1. The number of rotatable bonds is 6. The van der Waals surface area contributed by atoms with Gasteiger partial charge in [-0.1, -0.05) is 25.4 Å². The maximum atomic E-state index is 6.28. The van der Waals surface area contributed by atoms with Crippen LogP contribution < -0.4 is 10.5 Å². The summed E-state index contributed by atoms with van der Waals surface area (Å²) in [4.78, 5) is 0. The maximum Gasteiger partial charge on any atom is 0.122 e. The molecule has 0 spiro atoms. The second-order valence-electron chi connectivity index (χ2n) is 6.12. The molecule has 0 amide bonds. The summed E-state index contributed by atoms with van der Waals surface area (Å²) in [6, 6.07) is 4.11. The van der Waals surface area contributed by atoms with Crippen LogP contribution in [-0.4, -0.2) is 13.2 Å². The molecule has 1 aliphatic carbocycles. The molecule has 106 valence electrons. The highest BCUT2D eigenvalue weighted by atomic mass is 35.5. The lowest BCUT2D eigenvalue weighted by atomic mass is 10.0. The molecule has 0 radical (unpaired) electrons. The number of nitrogens with two attached hydrogens (primary N) is 1. The van der Waals surface area contributed by atoms with Crippen LogP contribution in [0.4, 0.5) is 0 Å². The second kappa shape index (κ2) is 5.72. The molecule has 0 bridgehead atoms. The molecule has 3 heteroatoms. The van der Waals surface area contributed by atoms with E-state index in [0.717, 1.165) is 41.5 Å². The summed E-state index contributed by atoms with van der Waals surface area (Å²) in [5.74, 6) is 1.38. The molecule has 19 heavy (non-hydrogen) atoms. The van der Waals surface area contributed by atoms with Gasteiger partial charge in [0.15, 0.2) is 0 Å². The number of hydrogen-bond donors (Lipinski definition) is 1. The van der Waals surface area contributed by atoms with E-state index in [1.807, 2.05) is 13.0 Å². The van der Waals surface area contributed by atoms with E-state index in [1.165, 1.54) is 12.8 Å². The Labute approximate surface area is 121 Å². The summed E-state index contributed by atoms with van der Waals surface area (Å²) in [5.41, 5.74) is 8.28. The van der Waals surface area contributed by atoms with E-state index in [-0.39, 0.29) is 0 Å². The van der Waals surface area contributed by atoms with Gasteiger partial charge >= 0.3 is 0 Å². The van der Waals surface area contributed by atoms with Crippen molar-refractivity contribution in [3.05, 3.63) is 28.3 Å². The van der Waals surface area contributed by atoms with Crippen molar-refractivity contribution in [1.82, 2.24) is 0 Å². The van der Waals surface area contributed by atoms with Gasteiger partial charge in [-0.05, 0) is 61.9 Å². The molecule has 2 rings (SSSR count). The average molecular weight is 282 g/mol. The van der Waals surface area contributed by atoms with Crippen LogP contribution in [0.3, 0.4) is 0 Å². The van der Waals surface area contributed by atoms with Gasteiger partial charge in [0.25, 0.3) is 0 Å². The summed E-state index contributed by atoms with van der Waals surface area (Å²) in [6.45, 7) is 7.88. The van der Waals surface area contributed by atoms with E-state index in [0.29, 0.717) is 11.3 Å². The minimum Gasteiger partial charge on any atom is -0.493 e. The van der Waals surface area contributed by atoms with E-state index in [2.05, 4.69) is 19.9 Å². The highest BCUT2D eigenvalue weighted by Gasteiger charge is 2.42. The molecule has 2 nitrogen and oxygen atoms in total. The van der Waals surface area contributed by atoms with E-state index >= 15 is 0 Å². The Hall–Kier alpha value is -0.730. The standard InChI is InChI=1S/C16H24ClNO/c1-11(2)13-9-15(12(3)8-14(13)17)19-10-16(4-5-16)6-7-18/h8-9,11H,4-7,10,18H2,1-3H3. The van der Waals surface area contributed by atoms with E-state index in [4.69, 9.17) is 22.1 Å². The van der Waals surface area contributed by atoms with Crippen LogP contribution in [0.2, 0.25) is 5.02 Å².